The van der Waals surface area contributed by atoms with Gasteiger partial charge in [-0.25, -0.2) is 4.39 Å². The van der Waals surface area contributed by atoms with E-state index in [4.69, 9.17) is 5.73 Å². The maximum atomic E-state index is 13.0. The van der Waals surface area contributed by atoms with Crippen LogP contribution in [0.4, 0.5) is 4.39 Å². The SMILES string of the molecule is CCCC1CCC(CN)(C(O)c2ccc(F)cc2)CC1. The van der Waals surface area contributed by atoms with Crippen molar-refractivity contribution in [3.8, 4) is 0 Å². The lowest BCUT2D eigenvalue weighted by molar-refractivity contribution is -0.0108. The van der Waals surface area contributed by atoms with Crippen LogP contribution in [0, 0.1) is 17.2 Å². The van der Waals surface area contributed by atoms with E-state index >= 15 is 0 Å². The van der Waals surface area contributed by atoms with Gasteiger partial charge in [0.05, 0.1) is 6.10 Å². The first kappa shape index (κ1) is 15.5. The molecule has 1 saturated carbocycles. The highest BCUT2D eigenvalue weighted by Crippen LogP contribution is 2.47. The van der Waals surface area contributed by atoms with Gasteiger partial charge in [-0.2, -0.15) is 0 Å². The average molecular weight is 279 g/mol. The number of aliphatic hydroxyl groups is 1. The molecule has 0 saturated heterocycles. The van der Waals surface area contributed by atoms with Crippen molar-refractivity contribution in [3.63, 3.8) is 0 Å². The molecule has 1 aromatic rings. The first-order valence-corrected chi connectivity index (χ1v) is 7.75. The van der Waals surface area contributed by atoms with Gasteiger partial charge in [0.2, 0.25) is 0 Å². The van der Waals surface area contributed by atoms with Crippen molar-refractivity contribution in [3.05, 3.63) is 35.6 Å². The Morgan fingerprint density at radius 1 is 1.30 bits per heavy atom. The summed E-state index contributed by atoms with van der Waals surface area (Å²) in [6.45, 7) is 2.71. The maximum absolute atomic E-state index is 13.0. The van der Waals surface area contributed by atoms with Gasteiger partial charge >= 0.3 is 0 Å². The predicted octanol–water partition coefficient (Wildman–Crippen LogP) is 3.79. The minimum Gasteiger partial charge on any atom is -0.388 e. The second kappa shape index (κ2) is 6.68. The van der Waals surface area contributed by atoms with Crippen LogP contribution in [0.2, 0.25) is 0 Å². The summed E-state index contributed by atoms with van der Waals surface area (Å²) in [6.07, 6.45) is 6.12. The molecule has 3 heteroatoms. The molecule has 1 atom stereocenters. The van der Waals surface area contributed by atoms with Gasteiger partial charge in [-0.05, 0) is 49.3 Å². The molecule has 1 aromatic carbocycles. The Bertz CT molecular complexity index is 410. The van der Waals surface area contributed by atoms with Crippen LogP contribution in [0.15, 0.2) is 24.3 Å². The van der Waals surface area contributed by atoms with E-state index in [1.54, 1.807) is 12.1 Å². The summed E-state index contributed by atoms with van der Waals surface area (Å²) in [5, 5.41) is 10.7. The quantitative estimate of drug-likeness (QED) is 0.861. The van der Waals surface area contributed by atoms with E-state index in [0.717, 1.165) is 37.2 Å². The zero-order valence-electron chi connectivity index (χ0n) is 12.3. The molecule has 20 heavy (non-hydrogen) atoms. The molecule has 0 bridgehead atoms. The molecule has 1 fully saturated rings. The Morgan fingerprint density at radius 3 is 2.40 bits per heavy atom. The van der Waals surface area contributed by atoms with Crippen molar-refractivity contribution in [1.82, 2.24) is 0 Å². The summed E-state index contributed by atoms with van der Waals surface area (Å²) in [7, 11) is 0. The molecule has 1 unspecified atom stereocenters. The molecule has 0 amide bonds. The number of halogens is 1. The van der Waals surface area contributed by atoms with Crippen molar-refractivity contribution in [2.75, 3.05) is 6.54 Å². The predicted molar refractivity (Wildman–Crippen MR) is 79.7 cm³/mol. The van der Waals surface area contributed by atoms with Gasteiger partial charge in [-0.1, -0.05) is 31.9 Å². The van der Waals surface area contributed by atoms with Crippen molar-refractivity contribution < 1.29 is 9.50 Å². The zero-order valence-corrected chi connectivity index (χ0v) is 12.3. The molecule has 0 radical (unpaired) electrons. The third-order valence-electron chi connectivity index (χ3n) is 4.97. The molecule has 1 aliphatic carbocycles. The van der Waals surface area contributed by atoms with E-state index in [1.165, 1.54) is 25.0 Å². The summed E-state index contributed by atoms with van der Waals surface area (Å²) < 4.78 is 13.0. The van der Waals surface area contributed by atoms with Crippen molar-refractivity contribution >= 4 is 0 Å². The summed E-state index contributed by atoms with van der Waals surface area (Å²) in [5.41, 5.74) is 6.54. The van der Waals surface area contributed by atoms with Crippen LogP contribution >= 0.6 is 0 Å². The van der Waals surface area contributed by atoms with Crippen molar-refractivity contribution in [2.24, 2.45) is 17.1 Å². The third-order valence-corrected chi connectivity index (χ3v) is 4.97. The monoisotopic (exact) mass is 279 g/mol. The number of nitrogens with two attached hydrogens (primary N) is 1. The normalized spacial score (nSPS) is 28.3. The molecule has 0 aliphatic heterocycles. The van der Waals surface area contributed by atoms with Gasteiger partial charge in [0.25, 0.3) is 0 Å². The molecule has 112 valence electrons. The molecule has 3 N–H and O–H groups in total. The molecule has 2 rings (SSSR count). The average Bonchev–Trinajstić information content (AvgIpc) is 2.49. The summed E-state index contributed by atoms with van der Waals surface area (Å²) in [6, 6.07) is 6.17. The second-order valence-corrected chi connectivity index (χ2v) is 6.25. The van der Waals surface area contributed by atoms with E-state index in [1.807, 2.05) is 0 Å². The molecule has 2 nitrogen and oxygen atoms in total. The largest absolute Gasteiger partial charge is 0.388 e. The minimum atomic E-state index is -0.587. The summed E-state index contributed by atoms with van der Waals surface area (Å²) >= 11 is 0. The fraction of sp³-hybridized carbons (Fsp3) is 0.647. The van der Waals surface area contributed by atoms with E-state index < -0.39 is 6.10 Å². The topological polar surface area (TPSA) is 46.2 Å². The van der Waals surface area contributed by atoms with E-state index in [9.17, 15) is 9.50 Å². The number of hydrogen-bond acceptors (Lipinski definition) is 2. The highest BCUT2D eigenvalue weighted by molar-refractivity contribution is 5.21. The number of aliphatic hydroxyl groups excluding tert-OH is 1. The first-order valence-electron chi connectivity index (χ1n) is 7.75. The van der Waals surface area contributed by atoms with E-state index in [2.05, 4.69) is 6.92 Å². The van der Waals surface area contributed by atoms with Gasteiger partial charge < -0.3 is 10.8 Å². The highest BCUT2D eigenvalue weighted by Gasteiger charge is 2.40. The number of benzene rings is 1. The zero-order chi connectivity index (χ0) is 14.6. The first-order chi connectivity index (χ1) is 9.61. The summed E-state index contributed by atoms with van der Waals surface area (Å²) in [5.74, 6) is 0.509. The molecular weight excluding hydrogens is 253 g/mol. The third kappa shape index (κ3) is 3.21. The van der Waals surface area contributed by atoms with E-state index in [-0.39, 0.29) is 11.2 Å². The molecule has 0 spiro atoms. The smallest absolute Gasteiger partial charge is 0.123 e. The standard InChI is InChI=1S/C17H26FNO/c1-2-3-13-8-10-17(12-19,11-9-13)16(20)14-4-6-15(18)7-5-14/h4-7,13,16,20H,2-3,8-12,19H2,1H3. The molecule has 0 heterocycles. The van der Waals surface area contributed by atoms with Crippen LogP contribution in [0.25, 0.3) is 0 Å². The van der Waals surface area contributed by atoms with Gasteiger partial charge in [0, 0.05) is 12.0 Å². The maximum Gasteiger partial charge on any atom is 0.123 e. The minimum absolute atomic E-state index is 0.234. The van der Waals surface area contributed by atoms with Gasteiger partial charge in [0.1, 0.15) is 5.82 Å². The fourth-order valence-corrected chi connectivity index (χ4v) is 3.54. The van der Waals surface area contributed by atoms with Crippen LogP contribution in [0.3, 0.4) is 0 Å². The van der Waals surface area contributed by atoms with Crippen LogP contribution in [-0.2, 0) is 0 Å². The Kier molecular flexibility index (Phi) is 5.17. The van der Waals surface area contributed by atoms with Gasteiger partial charge in [-0.3, -0.25) is 0 Å². The number of rotatable bonds is 5. The van der Waals surface area contributed by atoms with Gasteiger partial charge in [0.15, 0.2) is 0 Å². The Labute approximate surface area is 121 Å². The lowest BCUT2D eigenvalue weighted by Crippen LogP contribution is -2.40. The Hall–Kier alpha value is -0.930. The van der Waals surface area contributed by atoms with Crippen LogP contribution in [0.1, 0.15) is 57.1 Å². The lowest BCUT2D eigenvalue weighted by Gasteiger charge is -2.43. The second-order valence-electron chi connectivity index (χ2n) is 6.25. The number of hydrogen-bond donors (Lipinski definition) is 2. The lowest BCUT2D eigenvalue weighted by atomic mass is 9.65. The molecule has 1 aliphatic rings. The van der Waals surface area contributed by atoms with Gasteiger partial charge in [-0.15, -0.1) is 0 Å². The van der Waals surface area contributed by atoms with E-state index in [0.29, 0.717) is 6.54 Å². The Balaban J connectivity index is 2.09. The molecular formula is C17H26FNO. The molecule has 0 aromatic heterocycles. The Morgan fingerprint density at radius 2 is 1.90 bits per heavy atom. The van der Waals surface area contributed by atoms with Crippen LogP contribution < -0.4 is 5.73 Å². The van der Waals surface area contributed by atoms with Crippen LogP contribution in [-0.4, -0.2) is 11.7 Å². The highest BCUT2D eigenvalue weighted by atomic mass is 19.1. The van der Waals surface area contributed by atoms with Crippen molar-refractivity contribution in [2.45, 2.75) is 51.6 Å². The van der Waals surface area contributed by atoms with Crippen molar-refractivity contribution in [1.29, 1.82) is 0 Å². The van der Waals surface area contributed by atoms with Crippen LogP contribution in [0.5, 0.6) is 0 Å². The summed E-state index contributed by atoms with van der Waals surface area (Å²) in [4.78, 5) is 0. The fourth-order valence-electron chi connectivity index (χ4n) is 3.54.